The highest BCUT2D eigenvalue weighted by atomic mass is 16.2. The number of hydrogen-bond donors (Lipinski definition) is 2. The second kappa shape index (κ2) is 5.17. The van der Waals surface area contributed by atoms with Crippen LogP contribution < -0.4 is 10.6 Å². The number of rotatable bonds is 0. The standard InChI is InChI=1S/C7H14N2O.C7H15N/c1-5-6(10)9(4)7(2,3)8-5;1-6-4-5-7(2,3)8-6/h5,8H,1-4H3;6,8H,4-5H2,1-3H3. The van der Waals surface area contributed by atoms with Crippen LogP contribution in [-0.4, -0.2) is 41.1 Å². The molecule has 1 amide bonds. The van der Waals surface area contributed by atoms with Gasteiger partial charge in [0.05, 0.1) is 11.7 Å². The normalized spacial score (nSPS) is 33.3. The van der Waals surface area contributed by atoms with Crippen LogP contribution in [0.3, 0.4) is 0 Å². The molecular formula is C14H29N3O. The maximum atomic E-state index is 11.2. The first-order valence-electron chi connectivity index (χ1n) is 6.88. The van der Waals surface area contributed by atoms with Crippen LogP contribution in [-0.2, 0) is 4.79 Å². The predicted octanol–water partition coefficient (Wildman–Crippen LogP) is 1.71. The second-order valence-corrected chi connectivity index (χ2v) is 6.79. The zero-order valence-corrected chi connectivity index (χ0v) is 12.9. The fourth-order valence-electron chi connectivity index (χ4n) is 2.64. The Bertz CT molecular complexity index is 312. The second-order valence-electron chi connectivity index (χ2n) is 6.79. The van der Waals surface area contributed by atoms with E-state index in [0.29, 0.717) is 5.54 Å². The van der Waals surface area contributed by atoms with Crippen molar-refractivity contribution in [3.8, 4) is 0 Å². The van der Waals surface area contributed by atoms with E-state index < -0.39 is 0 Å². The summed E-state index contributed by atoms with van der Waals surface area (Å²) in [6.07, 6.45) is 2.67. The summed E-state index contributed by atoms with van der Waals surface area (Å²) >= 11 is 0. The summed E-state index contributed by atoms with van der Waals surface area (Å²) in [7, 11) is 1.82. The minimum absolute atomic E-state index is 0.0278. The van der Waals surface area contributed by atoms with Crippen molar-refractivity contribution in [3.05, 3.63) is 0 Å². The Labute approximate surface area is 111 Å². The van der Waals surface area contributed by atoms with Gasteiger partial charge in [-0.25, -0.2) is 0 Å². The van der Waals surface area contributed by atoms with E-state index >= 15 is 0 Å². The van der Waals surface area contributed by atoms with Gasteiger partial charge in [-0.3, -0.25) is 10.1 Å². The highest BCUT2D eigenvalue weighted by Gasteiger charge is 2.39. The highest BCUT2D eigenvalue weighted by molar-refractivity contribution is 5.84. The first-order valence-corrected chi connectivity index (χ1v) is 6.88. The summed E-state index contributed by atoms with van der Waals surface area (Å²) in [5.74, 6) is 0.171. The minimum Gasteiger partial charge on any atom is -0.327 e. The molecule has 18 heavy (non-hydrogen) atoms. The van der Waals surface area contributed by atoms with E-state index in [9.17, 15) is 4.79 Å². The third kappa shape index (κ3) is 3.69. The SMILES string of the molecule is CC1CCC(C)(C)N1.CC1NC(C)(C)N(C)C1=O. The number of hydrogen-bond acceptors (Lipinski definition) is 3. The van der Waals surface area contributed by atoms with E-state index in [-0.39, 0.29) is 17.6 Å². The molecule has 2 heterocycles. The molecule has 2 rings (SSSR count). The molecule has 2 aliphatic heterocycles. The van der Waals surface area contributed by atoms with Gasteiger partial charge < -0.3 is 10.2 Å². The lowest BCUT2D eigenvalue weighted by Crippen LogP contribution is -2.44. The topological polar surface area (TPSA) is 44.4 Å². The Kier molecular flexibility index (Phi) is 4.44. The van der Waals surface area contributed by atoms with Gasteiger partial charge in [0.1, 0.15) is 0 Å². The molecule has 2 fully saturated rings. The molecule has 2 saturated heterocycles. The van der Waals surface area contributed by atoms with Crippen LogP contribution in [0.2, 0.25) is 0 Å². The van der Waals surface area contributed by atoms with E-state index in [4.69, 9.17) is 0 Å². The molecule has 0 aromatic heterocycles. The van der Waals surface area contributed by atoms with Crippen molar-refractivity contribution in [3.63, 3.8) is 0 Å². The predicted molar refractivity (Wildman–Crippen MR) is 75.4 cm³/mol. The molecule has 2 unspecified atom stereocenters. The van der Waals surface area contributed by atoms with Gasteiger partial charge >= 0.3 is 0 Å². The largest absolute Gasteiger partial charge is 0.327 e. The summed E-state index contributed by atoms with van der Waals surface area (Å²) in [4.78, 5) is 12.9. The van der Waals surface area contributed by atoms with Gasteiger partial charge in [0.15, 0.2) is 0 Å². The Balaban J connectivity index is 0.000000184. The third-order valence-electron chi connectivity index (χ3n) is 3.95. The summed E-state index contributed by atoms with van der Waals surface area (Å²) in [5.41, 5.74) is 0.246. The molecular weight excluding hydrogens is 226 g/mol. The number of nitrogens with one attached hydrogen (secondary N) is 2. The molecule has 2 aliphatic rings. The molecule has 0 aliphatic carbocycles. The third-order valence-corrected chi connectivity index (χ3v) is 3.95. The van der Waals surface area contributed by atoms with Crippen molar-refractivity contribution in [1.82, 2.24) is 15.5 Å². The molecule has 4 nitrogen and oxygen atoms in total. The molecule has 4 heteroatoms. The zero-order valence-electron chi connectivity index (χ0n) is 12.9. The van der Waals surface area contributed by atoms with Gasteiger partial charge in [0, 0.05) is 18.6 Å². The molecule has 2 atom stereocenters. The number of amides is 1. The number of likely N-dealkylation sites (N-methyl/N-ethyl adjacent to an activating group) is 1. The molecule has 0 aromatic carbocycles. The van der Waals surface area contributed by atoms with Crippen molar-refractivity contribution >= 4 is 5.91 Å². The Morgan fingerprint density at radius 1 is 1.17 bits per heavy atom. The summed E-state index contributed by atoms with van der Waals surface area (Å²) in [6, 6.07) is 0.713. The van der Waals surface area contributed by atoms with E-state index in [1.54, 1.807) is 4.90 Å². The van der Waals surface area contributed by atoms with Gasteiger partial charge in [-0.05, 0) is 54.4 Å². The molecule has 0 aromatic rings. The van der Waals surface area contributed by atoms with Crippen LogP contribution in [0.15, 0.2) is 0 Å². The van der Waals surface area contributed by atoms with E-state index in [0.717, 1.165) is 6.04 Å². The number of carbonyl (C=O) groups excluding carboxylic acids is 1. The van der Waals surface area contributed by atoms with Gasteiger partial charge in [0.2, 0.25) is 5.91 Å². The maximum absolute atomic E-state index is 11.2. The average Bonchev–Trinajstić information content (AvgIpc) is 2.61. The van der Waals surface area contributed by atoms with Crippen molar-refractivity contribution in [2.24, 2.45) is 0 Å². The number of nitrogens with zero attached hydrogens (tertiary/aromatic N) is 1. The fraction of sp³-hybridized carbons (Fsp3) is 0.929. The van der Waals surface area contributed by atoms with Gasteiger partial charge in [-0.15, -0.1) is 0 Å². The monoisotopic (exact) mass is 255 g/mol. The molecule has 2 N–H and O–H groups in total. The van der Waals surface area contributed by atoms with E-state index in [1.165, 1.54) is 12.8 Å². The summed E-state index contributed by atoms with van der Waals surface area (Å²) in [5, 5.41) is 6.66. The first-order chi connectivity index (χ1) is 8.05. The van der Waals surface area contributed by atoms with Crippen LogP contribution >= 0.6 is 0 Å². The zero-order chi connectivity index (χ0) is 14.1. The molecule has 0 radical (unpaired) electrons. The molecule has 0 saturated carbocycles. The molecule has 0 spiro atoms. The van der Waals surface area contributed by atoms with E-state index in [1.807, 2.05) is 27.8 Å². The average molecular weight is 255 g/mol. The quantitative estimate of drug-likeness (QED) is 0.692. The van der Waals surface area contributed by atoms with Crippen molar-refractivity contribution in [1.29, 1.82) is 0 Å². The first kappa shape index (κ1) is 15.4. The van der Waals surface area contributed by atoms with Crippen LogP contribution in [0.5, 0.6) is 0 Å². The van der Waals surface area contributed by atoms with Crippen LogP contribution in [0.25, 0.3) is 0 Å². The van der Waals surface area contributed by atoms with Gasteiger partial charge in [0.25, 0.3) is 0 Å². The number of carbonyl (C=O) groups is 1. The van der Waals surface area contributed by atoms with Crippen molar-refractivity contribution in [2.75, 3.05) is 7.05 Å². The maximum Gasteiger partial charge on any atom is 0.240 e. The lowest BCUT2D eigenvalue weighted by molar-refractivity contribution is -0.129. The highest BCUT2D eigenvalue weighted by Crippen LogP contribution is 2.21. The van der Waals surface area contributed by atoms with Crippen LogP contribution in [0.1, 0.15) is 54.4 Å². The Hall–Kier alpha value is -0.610. The van der Waals surface area contributed by atoms with Crippen LogP contribution in [0.4, 0.5) is 0 Å². The lowest BCUT2D eigenvalue weighted by Gasteiger charge is -2.26. The lowest BCUT2D eigenvalue weighted by atomic mass is 10.0. The van der Waals surface area contributed by atoms with Gasteiger partial charge in [-0.1, -0.05) is 0 Å². The van der Waals surface area contributed by atoms with Gasteiger partial charge in [-0.2, -0.15) is 0 Å². The smallest absolute Gasteiger partial charge is 0.240 e. The van der Waals surface area contributed by atoms with Crippen LogP contribution in [0, 0.1) is 0 Å². The fourth-order valence-corrected chi connectivity index (χ4v) is 2.64. The van der Waals surface area contributed by atoms with Crippen molar-refractivity contribution in [2.45, 2.75) is 77.7 Å². The summed E-state index contributed by atoms with van der Waals surface area (Å²) < 4.78 is 0. The molecule has 106 valence electrons. The molecule has 0 bridgehead atoms. The Morgan fingerprint density at radius 3 is 1.83 bits per heavy atom. The van der Waals surface area contributed by atoms with Crippen molar-refractivity contribution < 1.29 is 4.79 Å². The minimum atomic E-state index is -0.170. The Morgan fingerprint density at radius 2 is 1.72 bits per heavy atom. The summed E-state index contributed by atoms with van der Waals surface area (Å²) in [6.45, 7) is 12.6. The van der Waals surface area contributed by atoms with E-state index in [2.05, 4.69) is 31.4 Å².